The molecule has 2 N–H and O–H groups in total. The fraction of sp³-hybridized carbons (Fsp3) is 0.269. The van der Waals surface area contributed by atoms with E-state index < -0.39 is 32.0 Å². The third-order valence-electron chi connectivity index (χ3n) is 5.93. The Morgan fingerprint density at radius 2 is 1.55 bits per heavy atom. The summed E-state index contributed by atoms with van der Waals surface area (Å²) >= 11 is 0. The third-order valence-corrected chi connectivity index (χ3v) is 8.55. The molecule has 0 bridgehead atoms. The summed E-state index contributed by atoms with van der Waals surface area (Å²) < 4.78 is 65.6. The Bertz CT molecular complexity index is 1570. The zero-order chi connectivity index (χ0) is 27.7. The van der Waals surface area contributed by atoms with Gasteiger partial charge in [-0.25, -0.2) is 16.8 Å². The molecule has 1 heterocycles. The number of benzene rings is 3. The Hall–Kier alpha value is -3.77. The fourth-order valence-corrected chi connectivity index (χ4v) is 6.37. The summed E-state index contributed by atoms with van der Waals surface area (Å²) in [5.41, 5.74) is 2.84. The molecule has 0 fully saturated rings. The van der Waals surface area contributed by atoms with Crippen LogP contribution in [-0.2, 0) is 24.8 Å². The van der Waals surface area contributed by atoms with Crippen molar-refractivity contribution in [3.05, 3.63) is 71.8 Å². The van der Waals surface area contributed by atoms with Crippen LogP contribution in [0.3, 0.4) is 0 Å². The van der Waals surface area contributed by atoms with Gasteiger partial charge in [0.25, 0.3) is 10.0 Å². The van der Waals surface area contributed by atoms with Crippen molar-refractivity contribution in [2.24, 2.45) is 0 Å². The van der Waals surface area contributed by atoms with Crippen LogP contribution < -0.4 is 23.8 Å². The van der Waals surface area contributed by atoms with E-state index in [1.807, 2.05) is 26.0 Å². The van der Waals surface area contributed by atoms with E-state index in [4.69, 9.17) is 9.47 Å². The van der Waals surface area contributed by atoms with Gasteiger partial charge in [-0.15, -0.1) is 0 Å². The maximum absolute atomic E-state index is 13.0. The molecule has 0 saturated carbocycles. The molecule has 0 unspecified atom stereocenters. The van der Waals surface area contributed by atoms with Crippen LogP contribution in [0.1, 0.15) is 18.1 Å². The number of amides is 1. The largest absolute Gasteiger partial charge is 0.486 e. The average Bonchev–Trinajstić information content (AvgIpc) is 2.85. The van der Waals surface area contributed by atoms with Gasteiger partial charge >= 0.3 is 0 Å². The number of carbonyl (C=O) groups excluding carboxylic acids is 1. The molecule has 12 heteroatoms. The average molecular weight is 560 g/mol. The van der Waals surface area contributed by atoms with Crippen molar-refractivity contribution < 1.29 is 31.1 Å². The van der Waals surface area contributed by atoms with Gasteiger partial charge in [0.1, 0.15) is 19.3 Å². The number of anilines is 3. The Morgan fingerprint density at radius 1 is 0.895 bits per heavy atom. The van der Waals surface area contributed by atoms with Gasteiger partial charge in [-0.05, 0) is 68.8 Å². The number of sulfonamides is 2. The molecule has 0 aliphatic carbocycles. The molecule has 1 atom stereocenters. The van der Waals surface area contributed by atoms with Gasteiger partial charge in [-0.3, -0.25) is 13.8 Å². The Labute approximate surface area is 222 Å². The number of ether oxygens (including phenoxy) is 2. The van der Waals surface area contributed by atoms with Crippen molar-refractivity contribution in [3.8, 4) is 11.5 Å². The maximum atomic E-state index is 13.0. The SMILES string of the molecule is Cc1ccc(NS(=O)(=O)c2ccc(NC(=O)[C@@H](C)N(c3ccc4c(c3)OCCO4)S(C)(=O)=O)cc2)c(C)c1. The highest BCUT2D eigenvalue weighted by atomic mass is 32.2. The number of aryl methyl sites for hydroxylation is 2. The van der Waals surface area contributed by atoms with E-state index in [1.54, 1.807) is 18.2 Å². The maximum Gasteiger partial charge on any atom is 0.261 e. The highest BCUT2D eigenvalue weighted by Crippen LogP contribution is 2.35. The van der Waals surface area contributed by atoms with E-state index in [9.17, 15) is 21.6 Å². The number of fused-ring (bicyclic) bond motifs is 1. The van der Waals surface area contributed by atoms with Gasteiger partial charge < -0.3 is 14.8 Å². The number of hydrogen-bond acceptors (Lipinski definition) is 7. The van der Waals surface area contributed by atoms with Crippen molar-refractivity contribution in [1.82, 2.24) is 0 Å². The second-order valence-electron chi connectivity index (χ2n) is 9.00. The van der Waals surface area contributed by atoms with E-state index in [1.165, 1.54) is 37.3 Å². The molecule has 0 radical (unpaired) electrons. The number of rotatable bonds is 8. The Balaban J connectivity index is 1.50. The zero-order valence-corrected chi connectivity index (χ0v) is 23.0. The van der Waals surface area contributed by atoms with E-state index in [0.717, 1.165) is 21.7 Å². The lowest BCUT2D eigenvalue weighted by Crippen LogP contribution is -2.45. The highest BCUT2D eigenvalue weighted by molar-refractivity contribution is 7.92. The topological polar surface area (TPSA) is 131 Å². The molecular weight excluding hydrogens is 530 g/mol. The van der Waals surface area contributed by atoms with E-state index in [2.05, 4.69) is 10.0 Å². The molecule has 1 aliphatic heterocycles. The zero-order valence-electron chi connectivity index (χ0n) is 21.4. The minimum atomic E-state index is -3.86. The van der Waals surface area contributed by atoms with Gasteiger partial charge in [0.15, 0.2) is 11.5 Å². The summed E-state index contributed by atoms with van der Waals surface area (Å²) in [4.78, 5) is 13.1. The molecular formula is C26H29N3O7S2. The molecule has 38 heavy (non-hydrogen) atoms. The Kier molecular flexibility index (Phi) is 7.56. The molecule has 1 aliphatic rings. The predicted molar refractivity (Wildman–Crippen MR) is 146 cm³/mol. The van der Waals surface area contributed by atoms with Crippen LogP contribution >= 0.6 is 0 Å². The molecule has 202 valence electrons. The van der Waals surface area contributed by atoms with Gasteiger partial charge in [-0.2, -0.15) is 0 Å². The van der Waals surface area contributed by atoms with Crippen LogP contribution in [0.4, 0.5) is 17.1 Å². The summed E-state index contributed by atoms with van der Waals surface area (Å²) in [7, 11) is -7.71. The molecule has 0 saturated heterocycles. The standard InChI is InChI=1S/C26H29N3O7S2/c1-17-5-11-23(18(2)15-17)28-38(33,34)22-9-6-20(7-10-22)27-26(30)19(3)29(37(4,31)32)21-8-12-24-25(16-21)36-14-13-35-24/h5-12,15-16,19,28H,13-14H2,1-4H3,(H,27,30)/t19-/m1/s1. The van der Waals surface area contributed by atoms with Crippen molar-refractivity contribution in [3.63, 3.8) is 0 Å². The summed E-state index contributed by atoms with van der Waals surface area (Å²) in [5, 5.41) is 2.65. The monoisotopic (exact) mass is 559 g/mol. The summed E-state index contributed by atoms with van der Waals surface area (Å²) in [6, 6.07) is 14.5. The lowest BCUT2D eigenvalue weighted by molar-refractivity contribution is -0.116. The molecule has 3 aromatic carbocycles. The van der Waals surface area contributed by atoms with Crippen molar-refractivity contribution in [2.75, 3.05) is 33.8 Å². The van der Waals surface area contributed by atoms with Crippen LogP contribution in [0.5, 0.6) is 11.5 Å². The van der Waals surface area contributed by atoms with E-state index in [-0.39, 0.29) is 10.6 Å². The first-order chi connectivity index (χ1) is 17.8. The molecule has 0 spiro atoms. The normalized spacial score (nSPS) is 13.9. The number of nitrogens with one attached hydrogen (secondary N) is 2. The first-order valence-electron chi connectivity index (χ1n) is 11.8. The van der Waals surface area contributed by atoms with E-state index in [0.29, 0.717) is 36.1 Å². The lowest BCUT2D eigenvalue weighted by Gasteiger charge is -2.29. The second-order valence-corrected chi connectivity index (χ2v) is 12.5. The number of nitrogens with zero attached hydrogens (tertiary/aromatic N) is 1. The highest BCUT2D eigenvalue weighted by Gasteiger charge is 2.30. The number of carbonyl (C=O) groups is 1. The van der Waals surface area contributed by atoms with Crippen molar-refractivity contribution in [1.29, 1.82) is 0 Å². The fourth-order valence-electron chi connectivity index (χ4n) is 4.07. The summed E-state index contributed by atoms with van der Waals surface area (Å²) in [5.74, 6) is 0.281. The second kappa shape index (κ2) is 10.5. The minimum absolute atomic E-state index is 0.0116. The Morgan fingerprint density at radius 3 is 2.18 bits per heavy atom. The predicted octanol–water partition coefficient (Wildman–Crippen LogP) is 3.67. The molecule has 0 aromatic heterocycles. The minimum Gasteiger partial charge on any atom is -0.486 e. The lowest BCUT2D eigenvalue weighted by atomic mass is 10.1. The van der Waals surface area contributed by atoms with Gasteiger partial charge in [0.2, 0.25) is 15.9 Å². The number of hydrogen-bond donors (Lipinski definition) is 2. The van der Waals surface area contributed by atoms with Crippen LogP contribution in [0.2, 0.25) is 0 Å². The molecule has 3 aromatic rings. The van der Waals surface area contributed by atoms with Gasteiger partial charge in [-0.1, -0.05) is 17.7 Å². The van der Waals surface area contributed by atoms with Crippen LogP contribution in [0.15, 0.2) is 65.6 Å². The van der Waals surface area contributed by atoms with E-state index >= 15 is 0 Å². The third kappa shape index (κ3) is 6.03. The van der Waals surface area contributed by atoms with Crippen LogP contribution in [0.25, 0.3) is 0 Å². The summed E-state index contributed by atoms with van der Waals surface area (Å²) in [6.45, 7) is 5.92. The van der Waals surface area contributed by atoms with Gasteiger partial charge in [0.05, 0.1) is 22.5 Å². The van der Waals surface area contributed by atoms with Crippen LogP contribution in [0, 0.1) is 13.8 Å². The molecule has 10 nitrogen and oxygen atoms in total. The van der Waals surface area contributed by atoms with Crippen LogP contribution in [-0.4, -0.2) is 48.3 Å². The molecule has 1 amide bonds. The van der Waals surface area contributed by atoms with Gasteiger partial charge in [0, 0.05) is 11.8 Å². The molecule has 4 rings (SSSR count). The van der Waals surface area contributed by atoms with Crippen molar-refractivity contribution >= 4 is 43.0 Å². The van der Waals surface area contributed by atoms with Crippen molar-refractivity contribution in [2.45, 2.75) is 31.7 Å². The first kappa shape index (κ1) is 27.3. The quantitative estimate of drug-likeness (QED) is 0.431. The first-order valence-corrected chi connectivity index (χ1v) is 15.1. The summed E-state index contributed by atoms with van der Waals surface area (Å²) in [6.07, 6.45) is 1.01. The smallest absolute Gasteiger partial charge is 0.261 e.